The van der Waals surface area contributed by atoms with Gasteiger partial charge in [0.2, 0.25) is 0 Å². The van der Waals surface area contributed by atoms with E-state index in [2.05, 4.69) is 0 Å². The maximum absolute atomic E-state index is 12.2. The molecule has 0 aliphatic heterocycles. The Morgan fingerprint density at radius 2 is 1.60 bits per heavy atom. The summed E-state index contributed by atoms with van der Waals surface area (Å²) in [6.07, 6.45) is 6.66. The molecule has 1 aliphatic rings. The van der Waals surface area contributed by atoms with Crippen molar-refractivity contribution in [2.45, 2.75) is 12.8 Å². The molecule has 6 heteroatoms. The summed E-state index contributed by atoms with van der Waals surface area (Å²) in [5.74, 6) is 1.91. The Hall–Kier alpha value is -1.18. The molecule has 2 rings (SSSR count). The smallest absolute Gasteiger partial charge is 0.251 e. The number of hydrogen-bond donors (Lipinski definition) is 2. The van der Waals surface area contributed by atoms with Crippen molar-refractivity contribution in [1.29, 1.82) is 0 Å². The van der Waals surface area contributed by atoms with Crippen LogP contribution >= 0.6 is 14.7 Å². The van der Waals surface area contributed by atoms with Crippen molar-refractivity contribution in [3.05, 3.63) is 65.5 Å². The minimum absolute atomic E-state index is 0.240. The van der Waals surface area contributed by atoms with Crippen LogP contribution in [0.3, 0.4) is 0 Å². The minimum atomic E-state index is -3.76. The highest BCUT2D eigenvalue weighted by Crippen LogP contribution is 2.55. The number of hydrogen-bond acceptors (Lipinski definition) is 2. The van der Waals surface area contributed by atoms with Crippen LogP contribution in [0.25, 0.3) is 0 Å². The second kappa shape index (κ2) is 6.07. The van der Waals surface area contributed by atoms with Gasteiger partial charge in [-0.2, -0.15) is 0 Å². The third-order valence-electron chi connectivity index (χ3n) is 2.94. The van der Waals surface area contributed by atoms with Crippen LogP contribution in [0.1, 0.15) is 12.8 Å². The summed E-state index contributed by atoms with van der Waals surface area (Å²) in [7, 11) is -7.48. The first-order valence-electron chi connectivity index (χ1n) is 6.20. The lowest BCUT2D eigenvalue weighted by atomic mass is 10.2. The predicted octanol–water partition coefficient (Wildman–Crippen LogP) is 3.56. The van der Waals surface area contributed by atoms with Crippen molar-refractivity contribution < 1.29 is 18.9 Å². The van der Waals surface area contributed by atoms with E-state index in [1.165, 1.54) is 12.1 Å². The second-order valence-electron chi connectivity index (χ2n) is 4.49. The molecular formula is C14H16O4P2. The summed E-state index contributed by atoms with van der Waals surface area (Å²) in [5.41, 5.74) is 0. The Morgan fingerprint density at radius 3 is 2.20 bits per heavy atom. The van der Waals surface area contributed by atoms with Gasteiger partial charge < -0.3 is 9.79 Å². The van der Waals surface area contributed by atoms with Crippen molar-refractivity contribution in [2.24, 2.45) is 0 Å². The van der Waals surface area contributed by atoms with Crippen molar-refractivity contribution in [3.8, 4) is 0 Å². The van der Waals surface area contributed by atoms with Gasteiger partial charge in [0.25, 0.3) is 14.7 Å². The first-order chi connectivity index (χ1) is 9.42. The minimum Gasteiger partial charge on any atom is -0.338 e. The monoisotopic (exact) mass is 310 g/mol. The summed E-state index contributed by atoms with van der Waals surface area (Å²) in [5, 5.41) is 0.553. The predicted molar refractivity (Wildman–Crippen MR) is 81.3 cm³/mol. The van der Waals surface area contributed by atoms with Crippen molar-refractivity contribution in [2.75, 3.05) is 0 Å². The summed E-state index contributed by atoms with van der Waals surface area (Å²) in [6.45, 7) is 0. The van der Waals surface area contributed by atoms with Crippen LogP contribution < -0.4 is 5.30 Å². The SMILES string of the molecule is O=P(O)(/C=C/P(=O)(O)c1ccccc1)C1=CCCC=C1. The lowest BCUT2D eigenvalue weighted by Gasteiger charge is -2.12. The van der Waals surface area contributed by atoms with Gasteiger partial charge in [0.1, 0.15) is 0 Å². The zero-order chi connectivity index (χ0) is 14.6. The quantitative estimate of drug-likeness (QED) is 0.834. The van der Waals surface area contributed by atoms with Gasteiger partial charge in [0, 0.05) is 22.3 Å². The number of rotatable bonds is 4. The van der Waals surface area contributed by atoms with Crippen molar-refractivity contribution in [3.63, 3.8) is 0 Å². The van der Waals surface area contributed by atoms with E-state index in [0.29, 0.717) is 11.7 Å². The van der Waals surface area contributed by atoms with Crippen LogP contribution in [-0.2, 0) is 9.13 Å². The molecule has 106 valence electrons. The van der Waals surface area contributed by atoms with Crippen molar-refractivity contribution in [1.82, 2.24) is 0 Å². The van der Waals surface area contributed by atoms with Gasteiger partial charge in [0.15, 0.2) is 0 Å². The molecule has 0 fully saturated rings. The summed E-state index contributed by atoms with van der Waals surface area (Å²) in [4.78, 5) is 19.9. The number of benzene rings is 1. The van der Waals surface area contributed by atoms with Crippen LogP contribution in [0, 0.1) is 0 Å². The Balaban J connectivity index is 2.24. The van der Waals surface area contributed by atoms with E-state index in [9.17, 15) is 18.9 Å². The maximum Gasteiger partial charge on any atom is 0.251 e. The largest absolute Gasteiger partial charge is 0.338 e. The van der Waals surface area contributed by atoms with E-state index in [1.54, 1.807) is 30.4 Å². The molecule has 20 heavy (non-hydrogen) atoms. The molecule has 0 radical (unpaired) electrons. The average Bonchev–Trinajstić information content (AvgIpc) is 2.47. The van der Waals surface area contributed by atoms with Gasteiger partial charge in [-0.25, -0.2) is 0 Å². The van der Waals surface area contributed by atoms with Gasteiger partial charge >= 0.3 is 0 Å². The van der Waals surface area contributed by atoms with E-state index >= 15 is 0 Å². The lowest BCUT2D eigenvalue weighted by Crippen LogP contribution is -2.00. The van der Waals surface area contributed by atoms with E-state index in [1.807, 2.05) is 6.08 Å². The summed E-state index contributed by atoms with van der Waals surface area (Å²) in [6, 6.07) is 8.08. The molecular weight excluding hydrogens is 294 g/mol. The molecule has 1 aromatic rings. The fourth-order valence-electron chi connectivity index (χ4n) is 1.83. The highest BCUT2D eigenvalue weighted by Gasteiger charge is 2.23. The second-order valence-corrected chi connectivity index (χ2v) is 8.61. The van der Waals surface area contributed by atoms with Gasteiger partial charge in [-0.05, 0) is 25.0 Å². The van der Waals surface area contributed by atoms with E-state index in [4.69, 9.17) is 0 Å². The van der Waals surface area contributed by atoms with Gasteiger partial charge in [-0.15, -0.1) is 0 Å². The van der Waals surface area contributed by atoms with Gasteiger partial charge in [-0.1, -0.05) is 36.4 Å². The van der Waals surface area contributed by atoms with Crippen LogP contribution in [0.5, 0.6) is 0 Å². The topological polar surface area (TPSA) is 74.6 Å². The maximum atomic E-state index is 12.2. The standard InChI is InChI=1S/C14H16O4P2/c15-19(16,13-7-3-1-4-8-13)11-12-20(17,18)14-9-5-2-6-10-14/h1,3-5,7-12H,2,6H2,(H,15,16)(H,17,18)/b12-11+. The first kappa shape index (κ1) is 15.2. The third kappa shape index (κ3) is 3.68. The zero-order valence-electron chi connectivity index (χ0n) is 10.8. The molecule has 0 spiro atoms. The van der Waals surface area contributed by atoms with Gasteiger partial charge in [-0.3, -0.25) is 9.13 Å². The molecule has 0 amide bonds. The fraction of sp³-hybridized carbons (Fsp3) is 0.143. The summed E-state index contributed by atoms with van der Waals surface area (Å²) >= 11 is 0. The zero-order valence-corrected chi connectivity index (χ0v) is 12.6. The molecule has 1 aromatic carbocycles. The van der Waals surface area contributed by atoms with Crippen LogP contribution in [0.4, 0.5) is 0 Å². The Morgan fingerprint density at radius 1 is 0.950 bits per heavy atom. The van der Waals surface area contributed by atoms with Crippen LogP contribution in [-0.4, -0.2) is 9.79 Å². The normalized spacial score (nSPS) is 21.2. The average molecular weight is 310 g/mol. The van der Waals surface area contributed by atoms with Gasteiger partial charge in [0.05, 0.1) is 0 Å². The lowest BCUT2D eigenvalue weighted by molar-refractivity contribution is 0.493. The molecule has 0 bridgehead atoms. The van der Waals surface area contributed by atoms with Crippen LogP contribution in [0.15, 0.2) is 65.5 Å². The van der Waals surface area contributed by atoms with Crippen molar-refractivity contribution >= 4 is 20.0 Å². The molecule has 2 unspecified atom stereocenters. The Bertz CT molecular complexity index is 659. The molecule has 0 saturated carbocycles. The highest BCUT2D eigenvalue weighted by atomic mass is 31.2. The highest BCUT2D eigenvalue weighted by molar-refractivity contribution is 7.71. The fourth-order valence-corrected chi connectivity index (χ4v) is 4.93. The van der Waals surface area contributed by atoms with Crippen LogP contribution in [0.2, 0.25) is 0 Å². The molecule has 2 N–H and O–H groups in total. The Labute approximate surface area is 118 Å². The van der Waals surface area contributed by atoms with E-state index < -0.39 is 14.7 Å². The number of allylic oxidation sites excluding steroid dienone is 4. The molecule has 0 heterocycles. The molecule has 0 aromatic heterocycles. The Kier molecular flexibility index (Phi) is 4.62. The first-order valence-corrected chi connectivity index (χ1v) is 9.66. The molecule has 2 atom stereocenters. The third-order valence-corrected chi connectivity index (χ3v) is 6.39. The van der Waals surface area contributed by atoms with E-state index in [0.717, 1.165) is 18.1 Å². The molecule has 4 nitrogen and oxygen atoms in total. The van der Waals surface area contributed by atoms with E-state index in [-0.39, 0.29) is 5.30 Å². The molecule has 0 saturated heterocycles. The molecule has 1 aliphatic carbocycles. The summed E-state index contributed by atoms with van der Waals surface area (Å²) < 4.78 is 24.3.